The highest BCUT2D eigenvalue weighted by molar-refractivity contribution is 7.96. The van der Waals surface area contributed by atoms with Gasteiger partial charge in [0, 0.05) is 0 Å². The molecule has 0 saturated carbocycles. The van der Waals surface area contributed by atoms with Crippen molar-refractivity contribution in [2.24, 2.45) is 0 Å². The second kappa shape index (κ2) is 21.1. The molecule has 0 aliphatic rings. The molecule has 1 unspecified atom stereocenters. The monoisotopic (exact) mass is 428 g/mol. The van der Waals surface area contributed by atoms with Crippen LogP contribution in [0.3, 0.4) is 0 Å². The van der Waals surface area contributed by atoms with Gasteiger partial charge in [-0.15, -0.1) is 0 Å². The molecule has 0 N–H and O–H groups in total. The third-order valence-corrected chi connectivity index (χ3v) is 6.31. The smallest absolute Gasteiger partial charge is 0.107 e. The van der Waals surface area contributed by atoms with Gasteiger partial charge in [-0.1, -0.05) is 84.0 Å². The quantitative estimate of drug-likeness (QED) is 0.200. The molecule has 0 fully saturated rings. The molecule has 21 heavy (non-hydrogen) atoms. The van der Waals surface area contributed by atoms with E-state index >= 15 is 0 Å². The van der Waals surface area contributed by atoms with Gasteiger partial charge in [-0.3, -0.25) is 0 Å². The minimum Gasteiger partial charge on any atom is -1.00 e. The maximum atomic E-state index is 2.42. The number of halogens is 1. The van der Waals surface area contributed by atoms with Crippen molar-refractivity contribution in [3.63, 3.8) is 0 Å². The van der Waals surface area contributed by atoms with Crippen molar-refractivity contribution < 1.29 is 24.0 Å². The Labute approximate surface area is 156 Å². The van der Waals surface area contributed by atoms with E-state index in [0.717, 1.165) is 0 Å². The first kappa shape index (κ1) is 24.3. The predicted molar refractivity (Wildman–Crippen MR) is 99.0 cm³/mol. The fourth-order valence-corrected chi connectivity index (χ4v) is 3.67. The fraction of sp³-hybridized carbons (Fsp3) is 1.00. The molecule has 0 radical (unpaired) electrons. The summed E-state index contributed by atoms with van der Waals surface area (Å²) >= 11 is 0. The van der Waals surface area contributed by atoms with Gasteiger partial charge in [-0.05, 0) is 30.7 Å². The average Bonchev–Trinajstić information content (AvgIpc) is 2.47. The third-order valence-electron chi connectivity index (χ3n) is 4.34. The highest BCUT2D eigenvalue weighted by Crippen LogP contribution is 2.13. The van der Waals surface area contributed by atoms with Crippen LogP contribution < -0.4 is 24.0 Å². The second-order valence-corrected chi connectivity index (χ2v) is 8.92. The SMILES string of the molecule is CCCCCCCCCCCCCCCC[S+](C)CC.[I-]. The molecule has 0 aliphatic carbocycles. The molecular weight excluding hydrogens is 387 g/mol. The Bertz CT molecular complexity index is 173. The fourth-order valence-electron chi connectivity index (χ4n) is 2.69. The summed E-state index contributed by atoms with van der Waals surface area (Å²) in [5, 5.41) is 0. The number of unbranched alkanes of at least 4 members (excludes halogenated alkanes) is 13. The van der Waals surface area contributed by atoms with Gasteiger partial charge in [0.2, 0.25) is 0 Å². The molecule has 0 rings (SSSR count). The van der Waals surface area contributed by atoms with Crippen molar-refractivity contribution in [3.8, 4) is 0 Å². The summed E-state index contributed by atoms with van der Waals surface area (Å²) in [6.45, 7) is 4.62. The van der Waals surface area contributed by atoms with Gasteiger partial charge in [0.25, 0.3) is 0 Å². The van der Waals surface area contributed by atoms with E-state index in [1.165, 1.54) is 101 Å². The predicted octanol–water partition coefficient (Wildman–Crippen LogP) is 3.74. The molecule has 1 atom stereocenters. The molecule has 0 aromatic heterocycles. The summed E-state index contributed by atoms with van der Waals surface area (Å²) in [6.07, 6.45) is 23.0. The number of rotatable bonds is 16. The first-order valence-electron chi connectivity index (χ1n) is 9.40. The molecule has 0 aromatic carbocycles. The van der Waals surface area contributed by atoms with E-state index in [4.69, 9.17) is 0 Å². The van der Waals surface area contributed by atoms with E-state index in [0.29, 0.717) is 10.9 Å². The lowest BCUT2D eigenvalue weighted by atomic mass is 10.0. The minimum absolute atomic E-state index is 0. The van der Waals surface area contributed by atoms with Gasteiger partial charge < -0.3 is 24.0 Å². The van der Waals surface area contributed by atoms with Crippen molar-refractivity contribution in [1.29, 1.82) is 0 Å². The second-order valence-electron chi connectivity index (χ2n) is 6.37. The Kier molecular flexibility index (Phi) is 24.4. The topological polar surface area (TPSA) is 0 Å². The summed E-state index contributed by atoms with van der Waals surface area (Å²) in [4.78, 5) is 0. The summed E-state index contributed by atoms with van der Waals surface area (Å²) in [5.41, 5.74) is 0. The van der Waals surface area contributed by atoms with Crippen LogP contribution >= 0.6 is 0 Å². The molecule has 2 heteroatoms. The third kappa shape index (κ3) is 21.1. The lowest BCUT2D eigenvalue weighted by Gasteiger charge is -2.03. The highest BCUT2D eigenvalue weighted by Gasteiger charge is 2.05. The van der Waals surface area contributed by atoms with Gasteiger partial charge in [0.1, 0.15) is 11.5 Å². The van der Waals surface area contributed by atoms with Crippen LogP contribution in [0.15, 0.2) is 0 Å². The van der Waals surface area contributed by atoms with Crippen molar-refractivity contribution in [1.82, 2.24) is 0 Å². The largest absolute Gasteiger partial charge is 1.00 e. The zero-order chi connectivity index (χ0) is 14.9. The molecule has 0 spiro atoms. The van der Waals surface area contributed by atoms with E-state index in [1.807, 2.05) is 0 Å². The summed E-state index contributed by atoms with van der Waals surface area (Å²) in [6, 6.07) is 0. The average molecular weight is 429 g/mol. The standard InChI is InChI=1S/C19H41S.HI/c1-4-6-7-8-9-10-11-12-13-14-15-16-17-18-19-20(3)5-2;/h4-19H2,1-3H3;1H/q+1;/p-1. The van der Waals surface area contributed by atoms with Crippen molar-refractivity contribution in [2.75, 3.05) is 17.8 Å². The Morgan fingerprint density at radius 2 is 0.857 bits per heavy atom. The van der Waals surface area contributed by atoms with Crippen molar-refractivity contribution >= 4 is 10.9 Å². The number of hydrogen-bond donors (Lipinski definition) is 0. The Morgan fingerprint density at radius 3 is 1.19 bits per heavy atom. The first-order valence-corrected chi connectivity index (χ1v) is 11.4. The van der Waals surface area contributed by atoms with Crippen LogP contribution in [0.25, 0.3) is 0 Å². The van der Waals surface area contributed by atoms with Gasteiger partial charge >= 0.3 is 0 Å². The van der Waals surface area contributed by atoms with E-state index in [9.17, 15) is 0 Å². The van der Waals surface area contributed by atoms with Gasteiger partial charge in [-0.25, -0.2) is 0 Å². The lowest BCUT2D eigenvalue weighted by Crippen LogP contribution is -3.00. The maximum Gasteiger partial charge on any atom is 0.107 e. The Hall–Kier alpha value is 1.08. The zero-order valence-corrected chi connectivity index (χ0v) is 18.1. The number of hydrogen-bond acceptors (Lipinski definition) is 0. The summed E-state index contributed by atoms with van der Waals surface area (Å²) in [5.74, 6) is 2.87. The van der Waals surface area contributed by atoms with Crippen LogP contribution in [0, 0.1) is 0 Å². The summed E-state index contributed by atoms with van der Waals surface area (Å²) in [7, 11) is 0.707. The lowest BCUT2D eigenvalue weighted by molar-refractivity contribution is -0.00000458. The molecule has 0 saturated heterocycles. The van der Waals surface area contributed by atoms with E-state index in [2.05, 4.69) is 20.1 Å². The van der Waals surface area contributed by atoms with Crippen LogP contribution in [-0.4, -0.2) is 17.8 Å². The Morgan fingerprint density at radius 1 is 0.524 bits per heavy atom. The van der Waals surface area contributed by atoms with Crippen LogP contribution in [0.1, 0.15) is 104 Å². The van der Waals surface area contributed by atoms with E-state index < -0.39 is 0 Å². The molecule has 0 amide bonds. The molecule has 0 bridgehead atoms. The molecule has 0 nitrogen and oxygen atoms in total. The molecule has 0 heterocycles. The van der Waals surface area contributed by atoms with Crippen LogP contribution in [0.5, 0.6) is 0 Å². The zero-order valence-electron chi connectivity index (χ0n) is 15.1. The van der Waals surface area contributed by atoms with E-state index in [-0.39, 0.29) is 24.0 Å². The van der Waals surface area contributed by atoms with Crippen LogP contribution in [0.2, 0.25) is 0 Å². The first-order chi connectivity index (χ1) is 9.81. The van der Waals surface area contributed by atoms with E-state index in [1.54, 1.807) is 0 Å². The van der Waals surface area contributed by atoms with Crippen LogP contribution in [-0.2, 0) is 10.9 Å². The molecule has 0 aliphatic heterocycles. The normalized spacial score (nSPS) is 12.1. The molecular formula is C19H41IS. The van der Waals surface area contributed by atoms with Gasteiger partial charge in [-0.2, -0.15) is 0 Å². The van der Waals surface area contributed by atoms with Crippen LogP contribution in [0.4, 0.5) is 0 Å². The minimum atomic E-state index is 0. The highest BCUT2D eigenvalue weighted by atomic mass is 127. The maximum absolute atomic E-state index is 2.42. The van der Waals surface area contributed by atoms with Crippen molar-refractivity contribution in [2.45, 2.75) is 104 Å². The van der Waals surface area contributed by atoms with Gasteiger partial charge in [0.05, 0.1) is 6.26 Å². The molecule has 130 valence electrons. The van der Waals surface area contributed by atoms with Gasteiger partial charge in [0.15, 0.2) is 0 Å². The molecule has 0 aromatic rings. The summed E-state index contributed by atoms with van der Waals surface area (Å²) < 4.78 is 0. The van der Waals surface area contributed by atoms with Crippen molar-refractivity contribution in [3.05, 3.63) is 0 Å². The Balaban J connectivity index is 0.